The first-order valence-corrected chi connectivity index (χ1v) is 8.49. The Hall–Kier alpha value is -2.24. The number of likely N-dealkylation sites (tertiary alicyclic amines) is 1. The second-order valence-corrected chi connectivity index (χ2v) is 6.40. The van der Waals surface area contributed by atoms with Gasteiger partial charge in [0.2, 0.25) is 5.91 Å². The Morgan fingerprint density at radius 2 is 1.96 bits per heavy atom. The van der Waals surface area contributed by atoms with Gasteiger partial charge in [0.1, 0.15) is 5.75 Å². The molecule has 1 fully saturated rings. The molecule has 0 spiro atoms. The van der Waals surface area contributed by atoms with Gasteiger partial charge in [0.05, 0.1) is 13.0 Å². The number of ether oxygens (including phenoxy) is 1. The minimum atomic E-state index is -0.550. The van der Waals surface area contributed by atoms with E-state index < -0.39 is 6.03 Å². The quantitative estimate of drug-likeness (QED) is 0.836. The Kier molecular flexibility index (Phi) is 6.46. The molecule has 1 aliphatic heterocycles. The van der Waals surface area contributed by atoms with Crippen molar-refractivity contribution in [2.45, 2.75) is 45.6 Å². The van der Waals surface area contributed by atoms with E-state index in [0.717, 1.165) is 42.7 Å². The van der Waals surface area contributed by atoms with Gasteiger partial charge < -0.3 is 20.7 Å². The highest BCUT2D eigenvalue weighted by molar-refractivity contribution is 5.77. The van der Waals surface area contributed by atoms with Crippen LogP contribution in [0.3, 0.4) is 0 Å². The molecule has 3 N–H and O–H groups in total. The maximum Gasteiger partial charge on any atom is 0.312 e. The van der Waals surface area contributed by atoms with Gasteiger partial charge in [-0.05, 0) is 56.4 Å². The first-order valence-electron chi connectivity index (χ1n) is 8.49. The van der Waals surface area contributed by atoms with E-state index in [1.165, 1.54) is 0 Å². The highest BCUT2D eigenvalue weighted by Crippen LogP contribution is 2.19. The summed E-state index contributed by atoms with van der Waals surface area (Å²) >= 11 is 0. The number of nitrogens with zero attached hydrogens (tertiary/aromatic N) is 1. The number of nitrogens with one attached hydrogen (secondary N) is 1. The van der Waals surface area contributed by atoms with Crippen molar-refractivity contribution in [1.82, 2.24) is 10.2 Å². The van der Waals surface area contributed by atoms with Crippen LogP contribution in [0.4, 0.5) is 4.79 Å². The lowest BCUT2D eigenvalue weighted by molar-refractivity contribution is -0.135. The number of amides is 3. The number of urea groups is 1. The number of hydrogen-bond donors (Lipinski definition) is 2. The minimum Gasteiger partial charge on any atom is -0.493 e. The van der Waals surface area contributed by atoms with Crippen LogP contribution in [0.15, 0.2) is 18.2 Å². The summed E-state index contributed by atoms with van der Waals surface area (Å²) in [5, 5.41) is 2.61. The molecule has 1 aromatic carbocycles. The predicted octanol–water partition coefficient (Wildman–Crippen LogP) is 2.12. The molecule has 1 heterocycles. The fourth-order valence-corrected chi connectivity index (χ4v) is 3.18. The molecule has 1 atom stereocenters. The minimum absolute atomic E-state index is 0.0277. The lowest BCUT2D eigenvalue weighted by atomic mass is 10.0. The first-order chi connectivity index (χ1) is 11.5. The van der Waals surface area contributed by atoms with Gasteiger partial charge in [-0.1, -0.05) is 6.07 Å². The Labute approximate surface area is 143 Å². The third-order valence-corrected chi connectivity index (χ3v) is 4.24. The fourth-order valence-electron chi connectivity index (χ4n) is 3.18. The zero-order valence-electron chi connectivity index (χ0n) is 14.5. The summed E-state index contributed by atoms with van der Waals surface area (Å²) in [6.07, 6.45) is 3.29. The predicted molar refractivity (Wildman–Crippen MR) is 93.0 cm³/mol. The van der Waals surface area contributed by atoms with Crippen LogP contribution < -0.4 is 15.8 Å². The second-order valence-electron chi connectivity index (χ2n) is 6.40. The Bertz CT molecular complexity index is 569. The van der Waals surface area contributed by atoms with Gasteiger partial charge in [0.25, 0.3) is 0 Å². The van der Waals surface area contributed by atoms with Gasteiger partial charge in [0, 0.05) is 19.1 Å². The molecule has 0 aliphatic carbocycles. The highest BCUT2D eigenvalue weighted by Gasteiger charge is 2.26. The van der Waals surface area contributed by atoms with E-state index in [1.807, 2.05) is 30.9 Å². The standard InChI is InChI=1S/C18H27N3O3/c1-13-9-14(2)11-16(10-13)24-8-6-17(22)21-7-4-3-5-15(21)12-20-18(19)23/h9-11,15H,3-8,12H2,1-2H3,(H3,19,20,23)/t15-/m1/s1. The average molecular weight is 333 g/mol. The molecule has 0 bridgehead atoms. The van der Waals surface area contributed by atoms with Crippen LogP contribution in [0.2, 0.25) is 0 Å². The topological polar surface area (TPSA) is 84.7 Å². The smallest absolute Gasteiger partial charge is 0.312 e. The Morgan fingerprint density at radius 3 is 2.62 bits per heavy atom. The molecule has 0 radical (unpaired) electrons. The molecule has 0 unspecified atom stereocenters. The molecule has 0 aromatic heterocycles. The van der Waals surface area contributed by atoms with Crippen molar-refractivity contribution in [2.24, 2.45) is 5.73 Å². The van der Waals surface area contributed by atoms with Crippen molar-refractivity contribution in [1.29, 1.82) is 0 Å². The van der Waals surface area contributed by atoms with Crippen molar-refractivity contribution in [3.05, 3.63) is 29.3 Å². The van der Waals surface area contributed by atoms with Crippen molar-refractivity contribution < 1.29 is 14.3 Å². The molecule has 6 heteroatoms. The van der Waals surface area contributed by atoms with Crippen molar-refractivity contribution >= 4 is 11.9 Å². The van der Waals surface area contributed by atoms with E-state index in [9.17, 15) is 9.59 Å². The number of primary amides is 1. The van der Waals surface area contributed by atoms with Crippen LogP contribution in [0.5, 0.6) is 5.75 Å². The molecule has 1 aliphatic rings. The largest absolute Gasteiger partial charge is 0.493 e. The van der Waals surface area contributed by atoms with Gasteiger partial charge in [-0.2, -0.15) is 0 Å². The van der Waals surface area contributed by atoms with Crippen LogP contribution in [0.1, 0.15) is 36.8 Å². The van der Waals surface area contributed by atoms with Crippen LogP contribution in [-0.4, -0.2) is 42.6 Å². The van der Waals surface area contributed by atoms with E-state index in [1.54, 1.807) is 0 Å². The van der Waals surface area contributed by atoms with Crippen LogP contribution >= 0.6 is 0 Å². The lowest BCUT2D eigenvalue weighted by Crippen LogP contribution is -2.50. The average Bonchev–Trinajstić information content (AvgIpc) is 2.52. The summed E-state index contributed by atoms with van der Waals surface area (Å²) in [6, 6.07) is 5.50. The summed E-state index contributed by atoms with van der Waals surface area (Å²) in [6.45, 7) is 5.55. The van der Waals surface area contributed by atoms with Gasteiger partial charge in [0.15, 0.2) is 0 Å². The van der Waals surface area contributed by atoms with Crippen molar-refractivity contribution in [2.75, 3.05) is 19.7 Å². The molecule has 6 nitrogen and oxygen atoms in total. The van der Waals surface area contributed by atoms with E-state index in [4.69, 9.17) is 10.5 Å². The van der Waals surface area contributed by atoms with E-state index in [-0.39, 0.29) is 11.9 Å². The maximum atomic E-state index is 12.5. The molecule has 24 heavy (non-hydrogen) atoms. The highest BCUT2D eigenvalue weighted by atomic mass is 16.5. The summed E-state index contributed by atoms with van der Waals surface area (Å²) < 4.78 is 5.73. The number of rotatable bonds is 6. The zero-order chi connectivity index (χ0) is 17.5. The number of carbonyl (C=O) groups is 2. The van der Waals surface area contributed by atoms with Crippen molar-refractivity contribution in [3.8, 4) is 5.75 Å². The van der Waals surface area contributed by atoms with Gasteiger partial charge in [-0.25, -0.2) is 4.79 Å². The van der Waals surface area contributed by atoms with Gasteiger partial charge in [-0.15, -0.1) is 0 Å². The molecular weight excluding hydrogens is 306 g/mol. The molecule has 1 aromatic rings. The summed E-state index contributed by atoms with van der Waals surface area (Å²) in [4.78, 5) is 25.2. The normalized spacial score (nSPS) is 17.4. The fraction of sp³-hybridized carbons (Fsp3) is 0.556. The second kappa shape index (κ2) is 8.57. The van der Waals surface area contributed by atoms with Crippen LogP contribution in [-0.2, 0) is 4.79 Å². The van der Waals surface area contributed by atoms with Crippen LogP contribution in [0, 0.1) is 13.8 Å². The lowest BCUT2D eigenvalue weighted by Gasteiger charge is -2.35. The van der Waals surface area contributed by atoms with Crippen molar-refractivity contribution in [3.63, 3.8) is 0 Å². The summed E-state index contributed by atoms with van der Waals surface area (Å²) in [5.74, 6) is 0.862. The maximum absolute atomic E-state index is 12.5. The molecule has 0 saturated carbocycles. The first kappa shape index (κ1) is 18.1. The Morgan fingerprint density at radius 1 is 1.25 bits per heavy atom. The zero-order valence-corrected chi connectivity index (χ0v) is 14.5. The van der Waals surface area contributed by atoms with Crippen LogP contribution in [0.25, 0.3) is 0 Å². The number of aryl methyl sites for hydroxylation is 2. The number of hydrogen-bond acceptors (Lipinski definition) is 3. The Balaban J connectivity index is 1.84. The summed E-state index contributed by atoms with van der Waals surface area (Å²) in [5.41, 5.74) is 7.41. The molecule has 3 amide bonds. The SMILES string of the molecule is Cc1cc(C)cc(OCCC(=O)N2CCCC[C@@H]2CNC(N)=O)c1. The molecular formula is C18H27N3O3. The van der Waals surface area contributed by atoms with E-state index in [2.05, 4.69) is 11.4 Å². The summed E-state index contributed by atoms with van der Waals surface area (Å²) in [7, 11) is 0. The van der Waals surface area contributed by atoms with Gasteiger partial charge >= 0.3 is 6.03 Å². The number of nitrogens with two attached hydrogens (primary N) is 1. The number of benzene rings is 1. The monoisotopic (exact) mass is 333 g/mol. The van der Waals surface area contributed by atoms with Gasteiger partial charge in [-0.3, -0.25) is 4.79 Å². The van der Waals surface area contributed by atoms with E-state index in [0.29, 0.717) is 19.6 Å². The molecule has 2 rings (SSSR count). The molecule has 1 saturated heterocycles. The third-order valence-electron chi connectivity index (χ3n) is 4.24. The number of carbonyl (C=O) groups excluding carboxylic acids is 2. The third kappa shape index (κ3) is 5.44. The number of piperidine rings is 1. The van der Waals surface area contributed by atoms with E-state index >= 15 is 0 Å². The molecule has 132 valence electrons.